The molecule has 0 unspecified atom stereocenters. The zero-order chi connectivity index (χ0) is 11.8. The van der Waals surface area contributed by atoms with Gasteiger partial charge in [-0.2, -0.15) is 0 Å². The first-order valence-electron chi connectivity index (χ1n) is 5.38. The van der Waals surface area contributed by atoms with Crippen LogP contribution in [0.3, 0.4) is 0 Å². The molecule has 0 aliphatic heterocycles. The molecule has 3 aromatic heterocycles. The third-order valence-electron chi connectivity index (χ3n) is 2.68. The van der Waals surface area contributed by atoms with Gasteiger partial charge < -0.3 is 10.3 Å². The molecule has 2 N–H and O–H groups in total. The van der Waals surface area contributed by atoms with Gasteiger partial charge in [-0.3, -0.25) is 4.98 Å². The summed E-state index contributed by atoms with van der Waals surface area (Å²) < 4.78 is 6.33. The normalized spacial score (nSPS) is 11.1. The molecule has 0 aliphatic rings. The summed E-state index contributed by atoms with van der Waals surface area (Å²) in [6.07, 6.45) is 4.42. The standard InChI is InChI=1S/C12H11N3OS/c1-2-8-9(13)11-12(17-8)10(15-16-11)7-4-3-5-14-6-7/h3-6H,2,13H2,1H3. The smallest absolute Gasteiger partial charge is 0.201 e. The first kappa shape index (κ1) is 10.3. The van der Waals surface area contributed by atoms with Gasteiger partial charge in [0, 0.05) is 22.8 Å². The van der Waals surface area contributed by atoms with E-state index in [4.69, 9.17) is 10.3 Å². The van der Waals surface area contributed by atoms with Gasteiger partial charge >= 0.3 is 0 Å². The third kappa shape index (κ3) is 1.51. The van der Waals surface area contributed by atoms with Crippen molar-refractivity contribution in [3.8, 4) is 11.3 Å². The topological polar surface area (TPSA) is 64.9 Å². The summed E-state index contributed by atoms with van der Waals surface area (Å²) in [6, 6.07) is 3.85. The van der Waals surface area contributed by atoms with Crippen LogP contribution >= 0.6 is 11.3 Å². The molecule has 3 rings (SSSR count). The Kier molecular flexibility index (Phi) is 2.33. The highest BCUT2D eigenvalue weighted by Crippen LogP contribution is 2.39. The van der Waals surface area contributed by atoms with Gasteiger partial charge in [0.05, 0.1) is 5.69 Å². The summed E-state index contributed by atoms with van der Waals surface area (Å²) in [7, 11) is 0. The number of nitrogens with two attached hydrogens (primary N) is 1. The van der Waals surface area contributed by atoms with Crippen LogP contribution in [0.1, 0.15) is 11.8 Å². The molecule has 4 nitrogen and oxygen atoms in total. The van der Waals surface area contributed by atoms with E-state index in [2.05, 4.69) is 17.1 Å². The van der Waals surface area contributed by atoms with Crippen molar-refractivity contribution in [3.05, 3.63) is 29.4 Å². The molecular weight excluding hydrogens is 234 g/mol. The number of nitrogens with zero attached hydrogens (tertiary/aromatic N) is 2. The number of aromatic nitrogens is 2. The van der Waals surface area contributed by atoms with Crippen molar-refractivity contribution in [1.82, 2.24) is 10.1 Å². The van der Waals surface area contributed by atoms with Gasteiger partial charge in [-0.15, -0.1) is 11.3 Å². The monoisotopic (exact) mass is 245 g/mol. The second-order valence-corrected chi connectivity index (χ2v) is 4.83. The van der Waals surface area contributed by atoms with E-state index in [1.807, 2.05) is 12.1 Å². The number of nitrogen functional groups attached to an aromatic ring is 1. The summed E-state index contributed by atoms with van der Waals surface area (Å²) >= 11 is 1.64. The van der Waals surface area contributed by atoms with E-state index >= 15 is 0 Å². The fourth-order valence-corrected chi connectivity index (χ4v) is 2.89. The summed E-state index contributed by atoms with van der Waals surface area (Å²) in [4.78, 5) is 5.23. The van der Waals surface area contributed by atoms with Crippen molar-refractivity contribution in [2.45, 2.75) is 13.3 Å². The summed E-state index contributed by atoms with van der Waals surface area (Å²) in [5, 5.41) is 4.08. The minimum atomic E-state index is 0.700. The van der Waals surface area contributed by atoms with E-state index in [9.17, 15) is 0 Å². The Hall–Kier alpha value is -1.88. The Bertz CT molecular complexity index is 657. The minimum Gasteiger partial charge on any atom is -0.395 e. The van der Waals surface area contributed by atoms with Crippen LogP contribution in [-0.2, 0) is 6.42 Å². The average molecular weight is 245 g/mol. The Balaban J connectivity index is 2.25. The maximum absolute atomic E-state index is 6.00. The average Bonchev–Trinajstić information content (AvgIpc) is 2.91. The predicted octanol–water partition coefficient (Wildman–Crippen LogP) is 3.10. The molecule has 0 saturated carbocycles. The lowest BCUT2D eigenvalue weighted by Gasteiger charge is -1.93. The van der Waals surface area contributed by atoms with Crippen LogP contribution in [0.5, 0.6) is 0 Å². The number of anilines is 1. The van der Waals surface area contributed by atoms with Gasteiger partial charge in [0.15, 0.2) is 0 Å². The number of aryl methyl sites for hydroxylation is 1. The van der Waals surface area contributed by atoms with Crippen LogP contribution in [0.15, 0.2) is 29.0 Å². The van der Waals surface area contributed by atoms with E-state index in [1.54, 1.807) is 23.7 Å². The van der Waals surface area contributed by atoms with E-state index in [0.717, 1.165) is 32.9 Å². The number of hydrogen-bond acceptors (Lipinski definition) is 5. The Labute approximate surface area is 102 Å². The lowest BCUT2D eigenvalue weighted by molar-refractivity contribution is 0.460. The van der Waals surface area contributed by atoms with Crippen molar-refractivity contribution in [3.63, 3.8) is 0 Å². The molecule has 0 radical (unpaired) electrons. The second kappa shape index (κ2) is 3.85. The third-order valence-corrected chi connectivity index (χ3v) is 4.01. The highest BCUT2D eigenvalue weighted by molar-refractivity contribution is 7.20. The largest absolute Gasteiger partial charge is 0.395 e. The lowest BCUT2D eigenvalue weighted by atomic mass is 10.2. The summed E-state index contributed by atoms with van der Waals surface area (Å²) in [6.45, 7) is 2.08. The first-order chi connectivity index (χ1) is 8.31. The van der Waals surface area contributed by atoms with Gasteiger partial charge in [-0.25, -0.2) is 0 Å². The number of thiophene rings is 1. The molecule has 3 aromatic rings. The van der Waals surface area contributed by atoms with Crippen molar-refractivity contribution in [2.75, 3.05) is 5.73 Å². The van der Waals surface area contributed by atoms with Crippen LogP contribution in [0.2, 0.25) is 0 Å². The van der Waals surface area contributed by atoms with E-state index in [1.165, 1.54) is 0 Å². The molecular formula is C12H11N3OS. The molecule has 0 spiro atoms. The molecule has 0 fully saturated rings. The predicted molar refractivity (Wildman–Crippen MR) is 68.9 cm³/mol. The number of rotatable bonds is 2. The molecule has 5 heteroatoms. The number of hydrogen-bond donors (Lipinski definition) is 1. The highest BCUT2D eigenvalue weighted by Gasteiger charge is 2.18. The van der Waals surface area contributed by atoms with Gasteiger partial charge in [-0.05, 0) is 18.6 Å². The maximum atomic E-state index is 6.00. The molecule has 0 atom stereocenters. The molecule has 86 valence electrons. The maximum Gasteiger partial charge on any atom is 0.201 e. The van der Waals surface area contributed by atoms with Crippen LogP contribution < -0.4 is 5.73 Å². The van der Waals surface area contributed by atoms with Crippen LogP contribution in [0, 0.1) is 0 Å². The second-order valence-electron chi connectivity index (χ2n) is 3.72. The van der Waals surface area contributed by atoms with Crippen molar-refractivity contribution < 1.29 is 4.52 Å². The van der Waals surface area contributed by atoms with Crippen molar-refractivity contribution in [1.29, 1.82) is 0 Å². The molecule has 0 bridgehead atoms. The molecule has 0 aromatic carbocycles. The molecule has 0 saturated heterocycles. The van der Waals surface area contributed by atoms with E-state index in [-0.39, 0.29) is 0 Å². The summed E-state index contributed by atoms with van der Waals surface area (Å²) in [5.74, 6) is 0. The SMILES string of the molecule is CCc1sc2c(-c3cccnc3)noc2c1N. The van der Waals surface area contributed by atoms with Gasteiger partial charge in [0.1, 0.15) is 10.4 Å². The zero-order valence-electron chi connectivity index (χ0n) is 9.30. The van der Waals surface area contributed by atoms with Gasteiger partial charge in [0.25, 0.3) is 0 Å². The first-order valence-corrected chi connectivity index (χ1v) is 6.19. The lowest BCUT2D eigenvalue weighted by Crippen LogP contribution is -1.85. The Morgan fingerprint density at radius 3 is 3.06 bits per heavy atom. The van der Waals surface area contributed by atoms with Gasteiger partial charge in [0.2, 0.25) is 5.58 Å². The minimum absolute atomic E-state index is 0.700. The van der Waals surface area contributed by atoms with E-state index < -0.39 is 0 Å². The molecule has 17 heavy (non-hydrogen) atoms. The van der Waals surface area contributed by atoms with E-state index in [0.29, 0.717) is 5.58 Å². The number of pyridine rings is 1. The van der Waals surface area contributed by atoms with Crippen LogP contribution in [0.25, 0.3) is 21.5 Å². The number of fused-ring (bicyclic) bond motifs is 1. The quantitative estimate of drug-likeness (QED) is 0.753. The molecule has 3 heterocycles. The molecule has 0 aliphatic carbocycles. The van der Waals surface area contributed by atoms with Gasteiger partial charge in [-0.1, -0.05) is 12.1 Å². The fourth-order valence-electron chi connectivity index (χ4n) is 1.80. The fraction of sp³-hybridized carbons (Fsp3) is 0.167. The van der Waals surface area contributed by atoms with Crippen molar-refractivity contribution >= 4 is 27.3 Å². The molecule has 0 amide bonds. The van der Waals surface area contributed by atoms with Crippen LogP contribution in [-0.4, -0.2) is 10.1 Å². The van der Waals surface area contributed by atoms with Crippen LogP contribution in [0.4, 0.5) is 5.69 Å². The highest BCUT2D eigenvalue weighted by atomic mass is 32.1. The Morgan fingerprint density at radius 1 is 1.47 bits per heavy atom. The van der Waals surface area contributed by atoms with Crippen molar-refractivity contribution in [2.24, 2.45) is 0 Å². The Morgan fingerprint density at radius 2 is 2.35 bits per heavy atom. The summed E-state index contributed by atoms with van der Waals surface area (Å²) in [5.41, 5.74) is 9.20. The zero-order valence-corrected chi connectivity index (χ0v) is 10.1.